The van der Waals surface area contributed by atoms with Crippen LogP contribution in [-0.4, -0.2) is 48.0 Å². The first-order valence-corrected chi connectivity index (χ1v) is 10.7. The number of nitrogens with one attached hydrogen (secondary N) is 1. The Morgan fingerprint density at radius 3 is 2.76 bits per heavy atom. The first-order valence-electron chi connectivity index (χ1n) is 10.7. The van der Waals surface area contributed by atoms with E-state index in [4.69, 9.17) is 4.74 Å². The molecule has 0 saturated heterocycles. The molecule has 1 unspecified atom stereocenters. The molecule has 11 nitrogen and oxygen atoms in total. The number of rotatable bonds is 5. The topological polar surface area (TPSA) is 131 Å². The van der Waals surface area contributed by atoms with Gasteiger partial charge in [0, 0.05) is 17.4 Å². The molecule has 2 aromatic heterocycles. The molecule has 0 saturated carbocycles. The highest BCUT2D eigenvalue weighted by atomic mass is 16.8. The number of methoxy groups -OCH3 is 1. The molecule has 1 amide bonds. The molecule has 34 heavy (non-hydrogen) atoms. The Balaban J connectivity index is 1.40. The van der Waals surface area contributed by atoms with Gasteiger partial charge in [-0.25, -0.2) is 9.67 Å². The summed E-state index contributed by atoms with van der Waals surface area (Å²) < 4.78 is 9.03. The third kappa shape index (κ3) is 3.98. The van der Waals surface area contributed by atoms with E-state index in [1.165, 1.54) is 6.07 Å². The zero-order valence-corrected chi connectivity index (χ0v) is 18.6. The van der Waals surface area contributed by atoms with E-state index in [9.17, 15) is 15.2 Å². The standard InChI is InChI=1S/C23H23N7O4/c1-14-11-28(13-24-14)20-7-3-16(10-22(20)34-2)19-12-29(27-26-19)21-8-4-15-9-17(30(32)33)5-6-18(15)25-23(21)31/h3,5-7,9-13,21,32-33H,4,8H2,1-2H3,(H,25,31). The van der Waals surface area contributed by atoms with Crippen molar-refractivity contribution in [2.75, 3.05) is 17.7 Å². The largest absolute Gasteiger partial charge is 0.495 e. The van der Waals surface area contributed by atoms with Gasteiger partial charge in [-0.2, -0.15) is 0 Å². The molecule has 0 fully saturated rings. The van der Waals surface area contributed by atoms with Gasteiger partial charge in [0.25, 0.3) is 0 Å². The van der Waals surface area contributed by atoms with Gasteiger partial charge in [0.2, 0.25) is 5.91 Å². The van der Waals surface area contributed by atoms with Crippen LogP contribution in [-0.2, 0) is 11.2 Å². The van der Waals surface area contributed by atoms with E-state index in [1.807, 2.05) is 35.9 Å². The number of fused-ring (bicyclic) bond motifs is 1. The van der Waals surface area contributed by atoms with Gasteiger partial charge in [0.15, 0.2) is 0 Å². The van der Waals surface area contributed by atoms with Crippen molar-refractivity contribution < 1.29 is 19.9 Å². The molecule has 4 aromatic rings. The highest BCUT2D eigenvalue weighted by Gasteiger charge is 2.27. The quantitative estimate of drug-likeness (QED) is 0.386. The van der Waals surface area contributed by atoms with E-state index in [-0.39, 0.29) is 16.8 Å². The predicted molar refractivity (Wildman–Crippen MR) is 122 cm³/mol. The summed E-state index contributed by atoms with van der Waals surface area (Å²) >= 11 is 0. The van der Waals surface area contributed by atoms with Gasteiger partial charge in [0.05, 0.1) is 36.7 Å². The fourth-order valence-electron chi connectivity index (χ4n) is 4.09. The van der Waals surface area contributed by atoms with Gasteiger partial charge in [-0.15, -0.1) is 10.3 Å². The van der Waals surface area contributed by atoms with E-state index in [0.29, 0.717) is 30.0 Å². The van der Waals surface area contributed by atoms with Crippen LogP contribution >= 0.6 is 0 Å². The van der Waals surface area contributed by atoms with Crippen LogP contribution in [0.4, 0.5) is 11.4 Å². The van der Waals surface area contributed by atoms with Gasteiger partial charge >= 0.3 is 0 Å². The van der Waals surface area contributed by atoms with Crippen LogP contribution in [0.2, 0.25) is 0 Å². The first-order chi connectivity index (χ1) is 16.4. The lowest BCUT2D eigenvalue weighted by Crippen LogP contribution is -2.25. The van der Waals surface area contributed by atoms with Crippen molar-refractivity contribution in [1.29, 1.82) is 0 Å². The Morgan fingerprint density at radius 2 is 2.03 bits per heavy atom. The Kier molecular flexibility index (Phi) is 5.48. The molecule has 5 rings (SSSR count). The van der Waals surface area contributed by atoms with Crippen molar-refractivity contribution in [3.8, 4) is 22.7 Å². The lowest BCUT2D eigenvalue weighted by Gasteiger charge is -2.13. The minimum atomic E-state index is -0.563. The molecule has 0 radical (unpaired) electrons. The summed E-state index contributed by atoms with van der Waals surface area (Å²) in [6.45, 7) is 1.92. The molecule has 3 heterocycles. The van der Waals surface area contributed by atoms with Crippen LogP contribution in [0.15, 0.2) is 55.1 Å². The highest BCUT2D eigenvalue weighted by molar-refractivity contribution is 5.95. The molecule has 0 spiro atoms. The van der Waals surface area contributed by atoms with Crippen molar-refractivity contribution in [2.45, 2.75) is 25.8 Å². The number of ether oxygens (including phenoxy) is 1. The summed E-state index contributed by atoms with van der Waals surface area (Å²) in [7, 11) is 1.61. The van der Waals surface area contributed by atoms with Crippen molar-refractivity contribution >= 4 is 17.3 Å². The summed E-state index contributed by atoms with van der Waals surface area (Å²) in [5, 5.41) is 30.0. The van der Waals surface area contributed by atoms with Crippen LogP contribution in [0.1, 0.15) is 23.7 Å². The summed E-state index contributed by atoms with van der Waals surface area (Å²) in [6, 6.07) is 9.93. The Labute approximate surface area is 194 Å². The molecule has 2 aromatic carbocycles. The Bertz CT molecular complexity index is 1360. The van der Waals surface area contributed by atoms with Crippen LogP contribution in [0.5, 0.6) is 5.75 Å². The molecule has 0 aliphatic carbocycles. The third-order valence-electron chi connectivity index (χ3n) is 5.86. The van der Waals surface area contributed by atoms with Crippen LogP contribution in [0.25, 0.3) is 16.9 Å². The third-order valence-corrected chi connectivity index (χ3v) is 5.86. The van der Waals surface area contributed by atoms with Gasteiger partial charge in [0.1, 0.15) is 17.5 Å². The number of carbonyl (C=O) groups is 1. The number of hydrogen-bond acceptors (Lipinski definition) is 8. The SMILES string of the molecule is COc1cc(-c2cn(C3CCc4cc(N(O)O)ccc4NC3=O)nn2)ccc1-n1cnc(C)c1. The number of amides is 1. The molecule has 1 aliphatic heterocycles. The fourth-order valence-corrected chi connectivity index (χ4v) is 4.09. The van der Waals surface area contributed by atoms with Crippen molar-refractivity contribution in [2.24, 2.45) is 0 Å². The molecular formula is C23H23N7O4. The number of benzene rings is 2. The minimum absolute atomic E-state index is 0.0572. The zero-order valence-electron chi connectivity index (χ0n) is 18.6. The summed E-state index contributed by atoms with van der Waals surface area (Å²) in [4.78, 5) is 17.2. The Hall–Kier alpha value is -4.22. The second kappa shape index (κ2) is 8.61. The molecule has 174 valence electrons. The van der Waals surface area contributed by atoms with Crippen molar-refractivity contribution in [3.05, 3.63) is 66.4 Å². The monoisotopic (exact) mass is 461 g/mol. The highest BCUT2D eigenvalue weighted by Crippen LogP contribution is 2.32. The number of carbonyl (C=O) groups excluding carboxylic acids is 1. The van der Waals surface area contributed by atoms with E-state index < -0.39 is 6.04 Å². The average molecular weight is 461 g/mol. The van der Waals surface area contributed by atoms with E-state index in [0.717, 1.165) is 22.5 Å². The van der Waals surface area contributed by atoms with Crippen molar-refractivity contribution in [3.63, 3.8) is 0 Å². The van der Waals surface area contributed by atoms with Crippen LogP contribution < -0.4 is 15.3 Å². The normalized spacial score (nSPS) is 15.4. The summed E-state index contributed by atoms with van der Waals surface area (Å²) in [5.74, 6) is 0.445. The molecule has 1 aliphatic rings. The number of aryl methyl sites for hydroxylation is 2. The smallest absolute Gasteiger partial charge is 0.249 e. The van der Waals surface area contributed by atoms with Gasteiger partial charge in [-0.05, 0) is 55.7 Å². The minimum Gasteiger partial charge on any atom is -0.495 e. The van der Waals surface area contributed by atoms with Crippen LogP contribution in [0, 0.1) is 6.92 Å². The number of imidazole rings is 1. The number of nitrogens with zero attached hydrogens (tertiary/aromatic N) is 6. The summed E-state index contributed by atoms with van der Waals surface area (Å²) in [5.41, 5.74) is 4.82. The predicted octanol–water partition coefficient (Wildman–Crippen LogP) is 3.16. The van der Waals surface area contributed by atoms with E-state index in [1.54, 1.807) is 36.4 Å². The molecule has 3 N–H and O–H groups in total. The summed E-state index contributed by atoms with van der Waals surface area (Å²) in [6.07, 6.45) is 6.41. The second-order valence-electron chi connectivity index (χ2n) is 8.07. The maximum atomic E-state index is 12.9. The zero-order chi connectivity index (χ0) is 23.8. The maximum absolute atomic E-state index is 12.9. The second-order valence-corrected chi connectivity index (χ2v) is 8.07. The van der Waals surface area contributed by atoms with Crippen molar-refractivity contribution in [1.82, 2.24) is 24.5 Å². The number of aromatic nitrogens is 5. The van der Waals surface area contributed by atoms with Gasteiger partial charge < -0.3 is 14.6 Å². The lowest BCUT2D eigenvalue weighted by molar-refractivity contribution is -0.119. The molecule has 11 heteroatoms. The maximum Gasteiger partial charge on any atom is 0.249 e. The lowest BCUT2D eigenvalue weighted by atomic mass is 10.1. The van der Waals surface area contributed by atoms with Crippen LogP contribution in [0.3, 0.4) is 0 Å². The number of hydrogen-bond donors (Lipinski definition) is 3. The van der Waals surface area contributed by atoms with Gasteiger partial charge in [-0.1, -0.05) is 11.3 Å². The van der Waals surface area contributed by atoms with E-state index in [2.05, 4.69) is 20.6 Å². The Morgan fingerprint density at radius 1 is 1.18 bits per heavy atom. The van der Waals surface area contributed by atoms with Gasteiger partial charge in [-0.3, -0.25) is 15.2 Å². The number of anilines is 2. The van der Waals surface area contributed by atoms with E-state index >= 15 is 0 Å². The molecular weight excluding hydrogens is 438 g/mol. The fraction of sp³-hybridized carbons (Fsp3) is 0.217. The molecule has 1 atom stereocenters. The molecule has 0 bridgehead atoms. The average Bonchev–Trinajstić information content (AvgIpc) is 3.45. The first kappa shape index (κ1) is 21.6.